The van der Waals surface area contributed by atoms with Crippen LogP contribution in [0.3, 0.4) is 0 Å². The van der Waals surface area contributed by atoms with Crippen molar-refractivity contribution in [3.63, 3.8) is 0 Å². The van der Waals surface area contributed by atoms with E-state index in [-0.39, 0.29) is 12.3 Å². The fourth-order valence-corrected chi connectivity index (χ4v) is 2.70. The van der Waals surface area contributed by atoms with Gasteiger partial charge in [-0.15, -0.1) is 5.10 Å². The van der Waals surface area contributed by atoms with Crippen molar-refractivity contribution in [1.29, 1.82) is 0 Å². The molecule has 1 heterocycles. The average molecular weight is 351 g/mol. The third kappa shape index (κ3) is 5.67. The van der Waals surface area contributed by atoms with Crippen molar-refractivity contribution in [2.24, 2.45) is 10.2 Å². The van der Waals surface area contributed by atoms with Gasteiger partial charge in [-0.25, -0.2) is 0 Å². The van der Waals surface area contributed by atoms with Crippen LogP contribution in [0.2, 0.25) is 0 Å². The quantitative estimate of drug-likeness (QED) is 0.412. The SMILES string of the molecule is COCCOc1ccc(C=NN=C2NC(=O)C(CC(=O)O)S2)cc1. The molecule has 0 radical (unpaired) electrons. The van der Waals surface area contributed by atoms with E-state index in [0.29, 0.717) is 18.4 Å². The summed E-state index contributed by atoms with van der Waals surface area (Å²) in [5, 5.41) is 18.6. The molecule has 1 aromatic carbocycles. The maximum absolute atomic E-state index is 11.5. The number of carbonyl (C=O) groups excluding carboxylic acids is 1. The van der Waals surface area contributed by atoms with Crippen molar-refractivity contribution in [3.8, 4) is 5.75 Å². The Hall–Kier alpha value is -2.39. The summed E-state index contributed by atoms with van der Waals surface area (Å²) in [6.45, 7) is 0.999. The zero-order valence-electron chi connectivity index (χ0n) is 13.0. The Morgan fingerprint density at radius 2 is 2.12 bits per heavy atom. The van der Waals surface area contributed by atoms with Gasteiger partial charge < -0.3 is 19.9 Å². The first kappa shape index (κ1) is 18.0. The maximum atomic E-state index is 11.5. The number of amidine groups is 1. The lowest BCUT2D eigenvalue weighted by atomic mass is 10.2. The number of hydrogen-bond donors (Lipinski definition) is 2. The molecule has 1 amide bonds. The summed E-state index contributed by atoms with van der Waals surface area (Å²) < 4.78 is 10.3. The summed E-state index contributed by atoms with van der Waals surface area (Å²) in [5.74, 6) is -0.667. The van der Waals surface area contributed by atoms with Crippen LogP contribution in [0.15, 0.2) is 34.5 Å². The minimum atomic E-state index is -1.03. The van der Waals surface area contributed by atoms with Crippen molar-refractivity contribution in [3.05, 3.63) is 29.8 Å². The number of nitrogens with zero attached hydrogens (tertiary/aromatic N) is 2. The highest BCUT2D eigenvalue weighted by molar-refractivity contribution is 8.15. The molecule has 1 atom stereocenters. The Labute approximate surface area is 142 Å². The zero-order valence-corrected chi connectivity index (χ0v) is 13.8. The maximum Gasteiger partial charge on any atom is 0.305 e. The lowest BCUT2D eigenvalue weighted by Crippen LogP contribution is -2.26. The number of ether oxygens (including phenoxy) is 2. The third-order valence-corrected chi connectivity index (χ3v) is 4.00. The van der Waals surface area contributed by atoms with Gasteiger partial charge in [0.25, 0.3) is 0 Å². The van der Waals surface area contributed by atoms with Gasteiger partial charge in [0.15, 0.2) is 5.17 Å². The van der Waals surface area contributed by atoms with Crippen LogP contribution in [0, 0.1) is 0 Å². The first-order valence-corrected chi connectivity index (χ1v) is 7.98. The van der Waals surface area contributed by atoms with Crippen molar-refractivity contribution >= 4 is 35.0 Å². The van der Waals surface area contributed by atoms with E-state index >= 15 is 0 Å². The molecule has 24 heavy (non-hydrogen) atoms. The van der Waals surface area contributed by atoms with E-state index in [4.69, 9.17) is 14.6 Å². The summed E-state index contributed by atoms with van der Waals surface area (Å²) in [4.78, 5) is 22.2. The Bertz CT molecular complexity index is 645. The number of amides is 1. The number of carbonyl (C=O) groups is 2. The predicted octanol–water partition coefficient (Wildman–Crippen LogP) is 1.11. The molecule has 8 nitrogen and oxygen atoms in total. The van der Waals surface area contributed by atoms with Crippen molar-refractivity contribution < 1.29 is 24.2 Å². The number of aliphatic carboxylic acids is 1. The number of methoxy groups -OCH3 is 1. The van der Waals surface area contributed by atoms with Crippen LogP contribution < -0.4 is 10.1 Å². The molecule has 1 fully saturated rings. The van der Waals surface area contributed by atoms with E-state index in [1.807, 2.05) is 12.1 Å². The van der Waals surface area contributed by atoms with Crippen molar-refractivity contribution in [2.75, 3.05) is 20.3 Å². The minimum absolute atomic E-state index is 0.246. The Balaban J connectivity index is 1.87. The van der Waals surface area contributed by atoms with Crippen molar-refractivity contribution in [2.45, 2.75) is 11.7 Å². The standard InChI is InChI=1S/C15H17N3O5S/c1-22-6-7-23-11-4-2-10(3-5-11)9-16-18-15-17-14(21)12(24-15)8-13(19)20/h2-5,9,12H,6-8H2,1H3,(H,19,20)(H,17,18,21). The van der Waals surface area contributed by atoms with Crippen LogP contribution in [0.5, 0.6) is 5.75 Å². The molecule has 0 spiro atoms. The number of benzene rings is 1. The Kier molecular flexibility index (Phi) is 6.76. The molecule has 1 aliphatic rings. The second kappa shape index (κ2) is 9.04. The van der Waals surface area contributed by atoms with Gasteiger partial charge in [-0.05, 0) is 29.8 Å². The first-order chi connectivity index (χ1) is 11.6. The normalized spacial score (nSPS) is 19.0. The highest BCUT2D eigenvalue weighted by Crippen LogP contribution is 2.22. The summed E-state index contributed by atoms with van der Waals surface area (Å²) in [6.07, 6.45) is 1.28. The number of carboxylic acid groups (broad SMARTS) is 1. The number of nitrogens with one attached hydrogen (secondary N) is 1. The smallest absolute Gasteiger partial charge is 0.305 e. The van der Waals surface area contributed by atoms with Crippen molar-refractivity contribution in [1.82, 2.24) is 5.32 Å². The van der Waals surface area contributed by atoms with Gasteiger partial charge in [-0.3, -0.25) is 9.59 Å². The minimum Gasteiger partial charge on any atom is -0.491 e. The molecule has 1 unspecified atom stereocenters. The van der Waals surface area contributed by atoms with Gasteiger partial charge in [0.1, 0.15) is 17.6 Å². The molecule has 1 aliphatic heterocycles. The number of rotatable bonds is 8. The number of carboxylic acids is 1. The molecule has 0 bridgehead atoms. The number of hydrogen-bond acceptors (Lipinski definition) is 7. The molecule has 1 saturated heterocycles. The Morgan fingerprint density at radius 3 is 2.79 bits per heavy atom. The highest BCUT2D eigenvalue weighted by Gasteiger charge is 2.32. The lowest BCUT2D eigenvalue weighted by Gasteiger charge is -2.04. The van der Waals surface area contributed by atoms with E-state index in [0.717, 1.165) is 23.1 Å². The summed E-state index contributed by atoms with van der Waals surface area (Å²) in [6, 6.07) is 7.25. The third-order valence-electron chi connectivity index (χ3n) is 2.93. The van der Waals surface area contributed by atoms with Gasteiger partial charge in [0, 0.05) is 7.11 Å². The van der Waals surface area contributed by atoms with Crippen LogP contribution >= 0.6 is 11.8 Å². The van der Waals surface area contributed by atoms with Gasteiger partial charge in [0.05, 0.1) is 19.2 Å². The van der Waals surface area contributed by atoms with Gasteiger partial charge in [-0.2, -0.15) is 5.10 Å². The second-order valence-corrected chi connectivity index (χ2v) is 5.95. The molecule has 9 heteroatoms. The van der Waals surface area contributed by atoms with E-state index in [1.165, 1.54) is 6.21 Å². The number of thioether (sulfide) groups is 1. The summed E-state index contributed by atoms with van der Waals surface area (Å²) in [5.41, 5.74) is 0.815. The molecule has 0 aromatic heterocycles. The molecule has 2 N–H and O–H groups in total. The lowest BCUT2D eigenvalue weighted by molar-refractivity contribution is -0.138. The fraction of sp³-hybridized carbons (Fsp3) is 0.333. The molecular weight excluding hydrogens is 334 g/mol. The molecule has 2 rings (SSSR count). The monoisotopic (exact) mass is 351 g/mol. The zero-order chi connectivity index (χ0) is 17.4. The Morgan fingerprint density at radius 1 is 1.38 bits per heavy atom. The molecular formula is C15H17N3O5S. The van der Waals surface area contributed by atoms with Gasteiger partial charge >= 0.3 is 5.97 Å². The summed E-state index contributed by atoms with van der Waals surface area (Å²) >= 11 is 1.06. The summed E-state index contributed by atoms with van der Waals surface area (Å²) in [7, 11) is 1.61. The van der Waals surface area contributed by atoms with Gasteiger partial charge in [0.2, 0.25) is 5.91 Å². The largest absolute Gasteiger partial charge is 0.491 e. The van der Waals surface area contributed by atoms with Crippen LogP contribution in [0.4, 0.5) is 0 Å². The first-order valence-electron chi connectivity index (χ1n) is 7.10. The van der Waals surface area contributed by atoms with E-state index in [1.54, 1.807) is 19.2 Å². The van der Waals surface area contributed by atoms with Crippen LogP contribution in [-0.4, -0.2) is 53.9 Å². The van der Waals surface area contributed by atoms with E-state index < -0.39 is 11.2 Å². The van der Waals surface area contributed by atoms with E-state index in [2.05, 4.69) is 15.5 Å². The van der Waals surface area contributed by atoms with E-state index in [9.17, 15) is 9.59 Å². The molecule has 0 saturated carbocycles. The fourth-order valence-electron chi connectivity index (χ4n) is 1.79. The molecule has 0 aliphatic carbocycles. The second-order valence-electron chi connectivity index (χ2n) is 4.75. The molecule has 1 aromatic rings. The van der Waals surface area contributed by atoms with Crippen LogP contribution in [0.1, 0.15) is 12.0 Å². The molecule has 128 valence electrons. The topological polar surface area (TPSA) is 110 Å². The van der Waals surface area contributed by atoms with Crippen LogP contribution in [-0.2, 0) is 14.3 Å². The average Bonchev–Trinajstić information content (AvgIpc) is 2.88. The highest BCUT2D eigenvalue weighted by atomic mass is 32.2. The van der Waals surface area contributed by atoms with Gasteiger partial charge in [-0.1, -0.05) is 11.8 Å². The predicted molar refractivity (Wildman–Crippen MR) is 90.6 cm³/mol. The van der Waals surface area contributed by atoms with Crippen LogP contribution in [0.25, 0.3) is 0 Å².